The monoisotopic (exact) mass is 659 g/mol. The molecule has 0 N–H and O–H groups in total. The van der Waals surface area contributed by atoms with Gasteiger partial charge in [-0.25, -0.2) is 4.85 Å². The molecular weight excluding hydrogens is 635 g/mol. The molecule has 0 aliphatic rings. The van der Waals surface area contributed by atoms with E-state index in [4.69, 9.17) is 15.3 Å². The van der Waals surface area contributed by atoms with Gasteiger partial charge in [0.05, 0.1) is 18.3 Å². The number of para-hydroxylation sites is 4. The van der Waals surface area contributed by atoms with Gasteiger partial charge in [-0.05, 0) is 78.9 Å². The first-order valence-corrected chi connectivity index (χ1v) is 17.3. The molecule has 47 heavy (non-hydrogen) atoms. The molecule has 5 nitrogen and oxygen atoms in total. The van der Waals surface area contributed by atoms with Gasteiger partial charge in [0, 0.05) is 43.6 Å². The average molecular weight is 660 g/mol. The zero-order valence-electron chi connectivity index (χ0n) is 24.9. The molecule has 8 heteroatoms. The number of anilines is 6. The van der Waals surface area contributed by atoms with Gasteiger partial charge >= 0.3 is 0 Å². The molecule has 0 spiro atoms. The summed E-state index contributed by atoms with van der Waals surface area (Å²) >= 11 is 4.52. The minimum absolute atomic E-state index is 0.567. The van der Waals surface area contributed by atoms with Crippen molar-refractivity contribution in [1.29, 1.82) is 0 Å². The Balaban J connectivity index is 1.22. The fourth-order valence-corrected chi connectivity index (χ4v) is 8.47. The molecule has 224 valence electrons. The molecule has 0 amide bonds. The maximum Gasteiger partial charge on any atom is 0.198 e. The van der Waals surface area contributed by atoms with E-state index in [-0.39, 0.29) is 0 Å². The van der Waals surface area contributed by atoms with Gasteiger partial charge < -0.3 is 9.80 Å². The summed E-state index contributed by atoms with van der Waals surface area (Å²) in [5.74, 6) is 0. The van der Waals surface area contributed by atoms with Gasteiger partial charge in [-0.3, -0.25) is 0 Å². The Morgan fingerprint density at radius 3 is 1.38 bits per heavy atom. The van der Waals surface area contributed by atoms with Crippen LogP contribution in [0.1, 0.15) is 0 Å². The summed E-state index contributed by atoms with van der Waals surface area (Å²) < 4.78 is 9.55. The van der Waals surface area contributed by atoms with Crippen molar-refractivity contribution in [3.05, 3.63) is 163 Å². The third-order valence-corrected chi connectivity index (χ3v) is 10.6. The molecule has 0 bridgehead atoms. The first kappa shape index (κ1) is 28.9. The van der Waals surface area contributed by atoms with Crippen LogP contribution < -0.4 is 9.80 Å². The van der Waals surface area contributed by atoms with Crippen LogP contribution in [0.2, 0.25) is 0 Å². The molecule has 8 rings (SSSR count). The van der Waals surface area contributed by atoms with E-state index in [1.54, 1.807) is 22.7 Å². The molecule has 8 aromatic rings. The Morgan fingerprint density at radius 2 is 0.915 bits per heavy atom. The van der Waals surface area contributed by atoms with E-state index in [1.165, 1.54) is 11.7 Å². The van der Waals surface area contributed by atoms with Crippen molar-refractivity contribution in [3.63, 3.8) is 0 Å². The summed E-state index contributed by atoms with van der Waals surface area (Å²) in [5, 5.41) is 2.13. The molecule has 0 atom stereocenters. The van der Waals surface area contributed by atoms with Crippen molar-refractivity contribution in [2.75, 3.05) is 9.80 Å². The number of hydrogen-bond acceptors (Lipinski definition) is 7. The van der Waals surface area contributed by atoms with E-state index >= 15 is 0 Å². The minimum atomic E-state index is 0.567. The summed E-state index contributed by atoms with van der Waals surface area (Å²) in [6, 6.07) is 51.9. The van der Waals surface area contributed by atoms with Gasteiger partial charge in [-0.2, -0.15) is 8.75 Å². The molecule has 0 aliphatic heterocycles. The number of aromatic nitrogens is 2. The normalized spacial score (nSPS) is 11.0. The second kappa shape index (κ2) is 12.7. The summed E-state index contributed by atoms with van der Waals surface area (Å²) in [4.78, 5) is 10.6. The summed E-state index contributed by atoms with van der Waals surface area (Å²) in [6.07, 6.45) is 0. The maximum absolute atomic E-state index is 8.25. The molecule has 0 radical (unpaired) electrons. The van der Waals surface area contributed by atoms with Crippen LogP contribution in [0.5, 0.6) is 0 Å². The van der Waals surface area contributed by atoms with Crippen molar-refractivity contribution in [3.8, 4) is 20.9 Å². The molecule has 0 fully saturated rings. The van der Waals surface area contributed by atoms with Crippen molar-refractivity contribution < 1.29 is 0 Å². The predicted molar refractivity (Wildman–Crippen MR) is 200 cm³/mol. The number of hydrogen-bond donors (Lipinski definition) is 0. The molecule has 0 aliphatic carbocycles. The highest BCUT2D eigenvalue weighted by Gasteiger charge is 2.23. The smallest absolute Gasteiger partial charge is 0.198 e. The number of benzene rings is 5. The topological polar surface area (TPSA) is 36.6 Å². The Morgan fingerprint density at radius 1 is 0.489 bits per heavy atom. The molecule has 0 saturated carbocycles. The first-order valence-electron chi connectivity index (χ1n) is 15.0. The van der Waals surface area contributed by atoms with Crippen LogP contribution in [0.4, 0.5) is 38.4 Å². The predicted octanol–water partition coefficient (Wildman–Crippen LogP) is 12.6. The SMILES string of the molecule is [C-]#[N+]c1cc(-c2ccc(N(c3ccccc3)c3ccccc3)s2)c2nsnc2c1-c1ccc(N(c2ccccc2)c2ccccc2)s1. The number of rotatable bonds is 8. The van der Waals surface area contributed by atoms with Crippen molar-refractivity contribution in [1.82, 2.24) is 8.75 Å². The standard InChI is InChI=1S/C39H25N5S3/c1-40-32-26-31(33-22-24-35(45-33)43(27-14-6-2-7-15-27)28-16-8-3-9-17-28)38-39(42-47-41-38)37(32)34-23-25-36(46-34)44(29-18-10-4-11-19-29)30-20-12-5-13-21-30/h2-26H. The molecule has 0 unspecified atom stereocenters. The van der Waals surface area contributed by atoms with Crippen LogP contribution in [0, 0.1) is 6.57 Å². The van der Waals surface area contributed by atoms with Gasteiger partial charge in [-0.1, -0.05) is 72.8 Å². The molecule has 3 aromatic heterocycles. The molecule has 5 aromatic carbocycles. The van der Waals surface area contributed by atoms with Gasteiger partial charge in [0.15, 0.2) is 5.69 Å². The molecule has 3 heterocycles. The summed E-state index contributed by atoms with van der Waals surface area (Å²) in [5.41, 5.74) is 8.20. The van der Waals surface area contributed by atoms with Crippen LogP contribution in [0.3, 0.4) is 0 Å². The summed E-state index contributed by atoms with van der Waals surface area (Å²) in [6.45, 7) is 8.25. The lowest BCUT2D eigenvalue weighted by Gasteiger charge is -2.23. The third kappa shape index (κ3) is 5.47. The zero-order valence-corrected chi connectivity index (χ0v) is 27.3. The lowest BCUT2D eigenvalue weighted by Crippen LogP contribution is -2.07. The first-order chi connectivity index (χ1) is 23.3. The quantitative estimate of drug-likeness (QED) is 0.152. The van der Waals surface area contributed by atoms with E-state index in [9.17, 15) is 0 Å². The van der Waals surface area contributed by atoms with Crippen LogP contribution in [0.15, 0.2) is 152 Å². The third-order valence-electron chi connectivity index (χ3n) is 7.83. The van der Waals surface area contributed by atoms with Crippen molar-refractivity contribution in [2.24, 2.45) is 0 Å². The molecular formula is C39H25N5S3. The lowest BCUT2D eigenvalue weighted by molar-refractivity contribution is 1.32. The van der Waals surface area contributed by atoms with E-state index in [0.29, 0.717) is 5.69 Å². The summed E-state index contributed by atoms with van der Waals surface area (Å²) in [7, 11) is 0. The van der Waals surface area contributed by atoms with Crippen LogP contribution in [-0.4, -0.2) is 8.75 Å². The van der Waals surface area contributed by atoms with Gasteiger partial charge in [0.1, 0.15) is 21.0 Å². The zero-order chi connectivity index (χ0) is 31.6. The number of fused-ring (bicyclic) bond motifs is 1. The number of thiophene rings is 2. The largest absolute Gasteiger partial charge is 0.302 e. The van der Waals surface area contributed by atoms with Gasteiger partial charge in [0.2, 0.25) is 0 Å². The Bertz CT molecular complexity index is 2240. The van der Waals surface area contributed by atoms with E-state index < -0.39 is 0 Å². The van der Waals surface area contributed by atoms with E-state index in [0.717, 1.165) is 64.7 Å². The van der Waals surface area contributed by atoms with Crippen LogP contribution in [-0.2, 0) is 0 Å². The molecule has 0 saturated heterocycles. The fourth-order valence-electron chi connectivity index (χ4n) is 5.74. The van der Waals surface area contributed by atoms with Crippen LogP contribution in [0.25, 0.3) is 36.8 Å². The van der Waals surface area contributed by atoms with E-state index in [2.05, 4.69) is 136 Å². The highest BCUT2D eigenvalue weighted by molar-refractivity contribution is 7.20. The highest BCUT2D eigenvalue weighted by Crippen LogP contribution is 2.49. The second-order valence-corrected chi connectivity index (χ2v) is 13.3. The highest BCUT2D eigenvalue weighted by atomic mass is 32.1. The maximum atomic E-state index is 8.25. The fraction of sp³-hybridized carbons (Fsp3) is 0. The minimum Gasteiger partial charge on any atom is -0.302 e. The average Bonchev–Trinajstić information content (AvgIpc) is 3.92. The van der Waals surface area contributed by atoms with Crippen LogP contribution >= 0.6 is 34.4 Å². The Kier molecular flexibility index (Phi) is 7.77. The van der Waals surface area contributed by atoms with Crippen molar-refractivity contribution >= 4 is 83.9 Å². The lowest BCUT2D eigenvalue weighted by atomic mass is 10.0. The second-order valence-electron chi connectivity index (χ2n) is 10.7. The van der Waals surface area contributed by atoms with Crippen molar-refractivity contribution in [2.45, 2.75) is 0 Å². The van der Waals surface area contributed by atoms with E-state index in [1.807, 2.05) is 30.3 Å². The van der Waals surface area contributed by atoms with Gasteiger partial charge in [-0.15, -0.1) is 22.7 Å². The Labute approximate surface area is 285 Å². The van der Waals surface area contributed by atoms with Gasteiger partial charge in [0.25, 0.3) is 0 Å². The Hall–Kier alpha value is -5.59. The number of nitrogens with zero attached hydrogens (tertiary/aromatic N) is 5.